The molecule has 0 saturated heterocycles. The van der Waals surface area contributed by atoms with E-state index in [0.29, 0.717) is 11.4 Å². The Labute approximate surface area is 104 Å². The van der Waals surface area contributed by atoms with E-state index >= 15 is 0 Å². The lowest BCUT2D eigenvalue weighted by Gasteiger charge is -2.08. The van der Waals surface area contributed by atoms with Gasteiger partial charge in [-0.15, -0.1) is 11.6 Å². The Balaban J connectivity index is 2.64. The normalized spacial score (nSPS) is 10.9. The third-order valence-corrected chi connectivity index (χ3v) is 3.20. The van der Waals surface area contributed by atoms with Gasteiger partial charge in [-0.1, -0.05) is 0 Å². The van der Waals surface area contributed by atoms with Crippen molar-refractivity contribution in [1.82, 2.24) is 14.8 Å². The zero-order valence-corrected chi connectivity index (χ0v) is 10.7. The largest absolute Gasteiger partial charge is 0.234 e. The molecule has 5 heteroatoms. The molecule has 3 nitrogen and oxygen atoms in total. The molecule has 0 aromatic carbocycles. The van der Waals surface area contributed by atoms with Crippen LogP contribution in [0, 0.1) is 26.6 Å². The highest BCUT2D eigenvalue weighted by Gasteiger charge is 2.13. The fourth-order valence-electron chi connectivity index (χ4n) is 1.69. The average Bonchev–Trinajstić information content (AvgIpc) is 2.57. The number of rotatable bonds is 2. The zero-order chi connectivity index (χ0) is 12.6. The van der Waals surface area contributed by atoms with Gasteiger partial charge in [0, 0.05) is 11.3 Å². The number of aryl methyl sites for hydroxylation is 1. The summed E-state index contributed by atoms with van der Waals surface area (Å²) in [5.41, 5.74) is 3.68. The summed E-state index contributed by atoms with van der Waals surface area (Å²) < 4.78 is 14.8. The number of nitrogens with zero attached hydrogens (tertiary/aromatic N) is 3. The van der Waals surface area contributed by atoms with Crippen LogP contribution in [0.25, 0.3) is 5.82 Å². The topological polar surface area (TPSA) is 30.7 Å². The molecule has 0 amide bonds. The Bertz CT molecular complexity index is 563. The smallest absolute Gasteiger partial charge is 0.158 e. The van der Waals surface area contributed by atoms with E-state index in [2.05, 4.69) is 10.1 Å². The number of pyridine rings is 1. The molecule has 2 heterocycles. The number of hydrogen-bond acceptors (Lipinski definition) is 2. The molecule has 17 heavy (non-hydrogen) atoms. The second-order valence-corrected chi connectivity index (χ2v) is 4.24. The van der Waals surface area contributed by atoms with E-state index in [1.807, 2.05) is 20.8 Å². The highest BCUT2D eigenvalue weighted by atomic mass is 35.5. The van der Waals surface area contributed by atoms with Crippen molar-refractivity contribution < 1.29 is 4.39 Å². The molecule has 2 aromatic rings. The first-order valence-corrected chi connectivity index (χ1v) is 5.81. The molecule has 0 fully saturated rings. The minimum atomic E-state index is -0.386. The first kappa shape index (κ1) is 12.0. The van der Waals surface area contributed by atoms with Crippen LogP contribution in [0.3, 0.4) is 0 Å². The van der Waals surface area contributed by atoms with E-state index < -0.39 is 0 Å². The van der Waals surface area contributed by atoms with Crippen molar-refractivity contribution in [2.45, 2.75) is 26.7 Å². The minimum Gasteiger partial charge on any atom is -0.234 e. The molecule has 0 N–H and O–H groups in total. The van der Waals surface area contributed by atoms with Gasteiger partial charge >= 0.3 is 0 Å². The fraction of sp³-hybridized carbons (Fsp3) is 0.333. The number of alkyl halides is 1. The summed E-state index contributed by atoms with van der Waals surface area (Å²) in [7, 11) is 0. The summed E-state index contributed by atoms with van der Waals surface area (Å²) >= 11 is 5.81. The van der Waals surface area contributed by atoms with Gasteiger partial charge in [0.15, 0.2) is 5.82 Å². The maximum Gasteiger partial charge on any atom is 0.158 e. The second kappa shape index (κ2) is 4.45. The third kappa shape index (κ3) is 2.05. The Morgan fingerprint density at radius 2 is 2.06 bits per heavy atom. The lowest BCUT2D eigenvalue weighted by Crippen LogP contribution is -2.06. The van der Waals surface area contributed by atoms with Crippen molar-refractivity contribution in [3.8, 4) is 5.82 Å². The van der Waals surface area contributed by atoms with Crippen LogP contribution in [0.2, 0.25) is 0 Å². The molecule has 0 bridgehead atoms. The van der Waals surface area contributed by atoms with E-state index in [-0.39, 0.29) is 11.7 Å². The molecule has 90 valence electrons. The quantitative estimate of drug-likeness (QED) is 0.770. The van der Waals surface area contributed by atoms with Crippen molar-refractivity contribution in [1.29, 1.82) is 0 Å². The van der Waals surface area contributed by atoms with Crippen LogP contribution in [-0.2, 0) is 5.88 Å². The summed E-state index contributed by atoms with van der Waals surface area (Å²) in [6.07, 6.45) is 1.18. The Kier molecular flexibility index (Phi) is 3.15. The second-order valence-electron chi connectivity index (χ2n) is 3.98. The van der Waals surface area contributed by atoms with Crippen molar-refractivity contribution in [2.75, 3.05) is 0 Å². The van der Waals surface area contributed by atoms with E-state index in [0.717, 1.165) is 17.0 Å². The molecule has 0 atom stereocenters. The van der Waals surface area contributed by atoms with E-state index in [1.54, 1.807) is 4.68 Å². The van der Waals surface area contributed by atoms with Crippen LogP contribution in [0.5, 0.6) is 0 Å². The van der Waals surface area contributed by atoms with Gasteiger partial charge in [-0.25, -0.2) is 14.1 Å². The average molecular weight is 254 g/mol. The standard InChI is InChI=1S/C12H13ClFN3/c1-7-8(2)16-17(9(7)3)12-10(5-13)4-11(14)6-15-12/h4,6H,5H2,1-3H3. The highest BCUT2D eigenvalue weighted by Crippen LogP contribution is 2.20. The van der Waals surface area contributed by atoms with Crippen molar-refractivity contribution in [3.05, 3.63) is 40.6 Å². The molecule has 0 saturated carbocycles. The van der Waals surface area contributed by atoms with Gasteiger partial charge in [-0.2, -0.15) is 5.10 Å². The summed E-state index contributed by atoms with van der Waals surface area (Å²) in [4.78, 5) is 4.08. The summed E-state index contributed by atoms with van der Waals surface area (Å²) in [5, 5.41) is 4.39. The fourth-order valence-corrected chi connectivity index (χ4v) is 1.89. The number of halogens is 2. The van der Waals surface area contributed by atoms with Crippen LogP contribution in [0.1, 0.15) is 22.5 Å². The van der Waals surface area contributed by atoms with Gasteiger partial charge in [-0.05, 0) is 32.4 Å². The predicted molar refractivity (Wildman–Crippen MR) is 65.1 cm³/mol. The molecule has 0 aliphatic rings. The predicted octanol–water partition coefficient (Wildman–Crippen LogP) is 3.07. The van der Waals surface area contributed by atoms with Gasteiger partial charge in [0.2, 0.25) is 0 Å². The number of aromatic nitrogens is 3. The van der Waals surface area contributed by atoms with E-state index in [9.17, 15) is 4.39 Å². The maximum atomic E-state index is 13.1. The molecular weight excluding hydrogens is 241 g/mol. The van der Waals surface area contributed by atoms with Gasteiger partial charge in [-0.3, -0.25) is 0 Å². The zero-order valence-electron chi connectivity index (χ0n) is 9.96. The first-order chi connectivity index (χ1) is 8.04. The van der Waals surface area contributed by atoms with Crippen LogP contribution in [0.15, 0.2) is 12.3 Å². The summed E-state index contributed by atoms with van der Waals surface area (Å²) in [6.45, 7) is 5.89. The monoisotopic (exact) mass is 253 g/mol. The van der Waals surface area contributed by atoms with Gasteiger partial charge in [0.05, 0.1) is 17.8 Å². The molecular formula is C12H13ClFN3. The van der Waals surface area contributed by atoms with Gasteiger partial charge < -0.3 is 0 Å². The maximum absolute atomic E-state index is 13.1. The van der Waals surface area contributed by atoms with Crippen LogP contribution < -0.4 is 0 Å². The molecule has 0 unspecified atom stereocenters. The highest BCUT2D eigenvalue weighted by molar-refractivity contribution is 6.17. The van der Waals surface area contributed by atoms with Crippen LogP contribution >= 0.6 is 11.6 Å². The first-order valence-electron chi connectivity index (χ1n) is 5.28. The molecule has 0 spiro atoms. The lowest BCUT2D eigenvalue weighted by molar-refractivity contribution is 0.616. The van der Waals surface area contributed by atoms with Crippen LogP contribution in [-0.4, -0.2) is 14.8 Å². The molecule has 0 radical (unpaired) electrons. The van der Waals surface area contributed by atoms with Gasteiger partial charge in [0.25, 0.3) is 0 Å². The SMILES string of the molecule is Cc1nn(-c2ncc(F)cc2CCl)c(C)c1C. The Morgan fingerprint density at radius 3 is 2.59 bits per heavy atom. The molecule has 2 aromatic heterocycles. The summed E-state index contributed by atoms with van der Waals surface area (Å²) in [6, 6.07) is 1.39. The third-order valence-electron chi connectivity index (χ3n) is 2.91. The number of hydrogen-bond donors (Lipinski definition) is 0. The minimum absolute atomic E-state index is 0.206. The van der Waals surface area contributed by atoms with Crippen LogP contribution in [0.4, 0.5) is 4.39 Å². The van der Waals surface area contributed by atoms with Gasteiger partial charge in [0.1, 0.15) is 5.82 Å². The van der Waals surface area contributed by atoms with E-state index in [4.69, 9.17) is 11.6 Å². The lowest BCUT2D eigenvalue weighted by atomic mass is 10.2. The molecule has 0 aliphatic heterocycles. The van der Waals surface area contributed by atoms with Crippen molar-refractivity contribution in [3.63, 3.8) is 0 Å². The Hall–Kier alpha value is -1.42. The molecule has 0 aliphatic carbocycles. The Morgan fingerprint density at radius 1 is 1.35 bits per heavy atom. The van der Waals surface area contributed by atoms with Crippen molar-refractivity contribution >= 4 is 11.6 Å². The van der Waals surface area contributed by atoms with E-state index in [1.165, 1.54) is 12.3 Å². The molecule has 2 rings (SSSR count). The van der Waals surface area contributed by atoms with Crippen molar-refractivity contribution in [2.24, 2.45) is 0 Å². The summed E-state index contributed by atoms with van der Waals surface area (Å²) in [5.74, 6) is 0.412.